The van der Waals surface area contributed by atoms with Gasteiger partial charge in [0.25, 0.3) is 0 Å². The number of ketones is 2. The molecule has 2 fully saturated rings. The van der Waals surface area contributed by atoms with Crippen LogP contribution in [0.3, 0.4) is 0 Å². The SMILES string of the molecule is CC#C/C=C\C#C[C@H](OC1OC(C)C(SC)(C(=O)c2nccc3c2[nH]c2ccc(O)cc23)C(O)C1OC1CCC(NC(C)C)CO1)C1=C(NC(=O)OC)C(=O)C[C@H](O)/C1=C/CSC(C)=O. The number of Topliss-reactive ketones (excluding diaryl/α,β-unsaturated/α-hetero) is 2. The second kappa shape index (κ2) is 22.0. The first-order valence-corrected chi connectivity index (χ1v) is 23.3. The minimum Gasteiger partial charge on any atom is -0.508 e. The molecule has 7 unspecified atom stereocenters. The molecule has 16 nitrogen and oxygen atoms in total. The maximum atomic E-state index is 15.2. The van der Waals surface area contributed by atoms with Gasteiger partial charge in [0.05, 0.1) is 37.1 Å². The van der Waals surface area contributed by atoms with Crippen LogP contribution in [0.15, 0.2) is 65.5 Å². The second-order valence-corrected chi connectivity index (χ2v) is 18.1. The van der Waals surface area contributed by atoms with Gasteiger partial charge >= 0.3 is 6.09 Å². The number of thioether (sulfide) groups is 2. The van der Waals surface area contributed by atoms with E-state index < -0.39 is 71.9 Å². The van der Waals surface area contributed by atoms with Crippen molar-refractivity contribution in [2.45, 2.75) is 114 Å². The highest BCUT2D eigenvalue weighted by molar-refractivity contribution is 8.13. The number of aliphatic hydroxyl groups is 2. The van der Waals surface area contributed by atoms with Crippen LogP contribution < -0.4 is 10.6 Å². The van der Waals surface area contributed by atoms with Crippen molar-refractivity contribution in [3.8, 4) is 29.4 Å². The van der Waals surface area contributed by atoms with Gasteiger partial charge < -0.3 is 49.3 Å². The number of hydrogen-bond acceptors (Lipinski definition) is 16. The fourth-order valence-corrected chi connectivity index (χ4v) is 9.81. The van der Waals surface area contributed by atoms with Gasteiger partial charge in [-0.05, 0) is 74.9 Å². The molecular formula is C47H54N4O12S2. The van der Waals surface area contributed by atoms with Gasteiger partial charge in [-0.2, -0.15) is 0 Å². The number of fused-ring (bicyclic) bond motifs is 3. The van der Waals surface area contributed by atoms with Gasteiger partial charge in [-0.15, -0.1) is 17.7 Å². The molecule has 3 aliphatic rings. The number of aromatic amines is 1. The van der Waals surface area contributed by atoms with E-state index >= 15 is 4.79 Å². The van der Waals surface area contributed by atoms with Crippen LogP contribution in [0.4, 0.5) is 4.79 Å². The van der Waals surface area contributed by atoms with Crippen LogP contribution in [0.1, 0.15) is 64.4 Å². The lowest BCUT2D eigenvalue weighted by Crippen LogP contribution is -2.68. The van der Waals surface area contributed by atoms with E-state index in [2.05, 4.69) is 44.3 Å². The van der Waals surface area contributed by atoms with Gasteiger partial charge in [-0.1, -0.05) is 49.4 Å². The summed E-state index contributed by atoms with van der Waals surface area (Å²) >= 11 is 2.01. The van der Waals surface area contributed by atoms with Gasteiger partial charge in [0.2, 0.25) is 5.78 Å². The molecule has 346 valence electrons. The topological polar surface area (TPSA) is 228 Å². The highest BCUT2D eigenvalue weighted by Crippen LogP contribution is 2.46. The normalized spacial score (nSPS) is 27.1. The molecule has 0 bridgehead atoms. The van der Waals surface area contributed by atoms with Crippen LogP contribution in [0.25, 0.3) is 21.8 Å². The average molecular weight is 931 g/mol. The van der Waals surface area contributed by atoms with Crippen molar-refractivity contribution in [1.29, 1.82) is 0 Å². The predicted octanol–water partition coefficient (Wildman–Crippen LogP) is 4.82. The Morgan fingerprint density at radius 1 is 1.14 bits per heavy atom. The van der Waals surface area contributed by atoms with Gasteiger partial charge in [0.15, 0.2) is 23.5 Å². The number of aromatic hydroxyl groups is 1. The summed E-state index contributed by atoms with van der Waals surface area (Å²) in [6.07, 6.45) is -2.36. The van der Waals surface area contributed by atoms with Crippen LogP contribution in [0.2, 0.25) is 0 Å². The summed E-state index contributed by atoms with van der Waals surface area (Å²) in [6.45, 7) is 9.00. The van der Waals surface area contributed by atoms with Gasteiger partial charge in [0.1, 0.15) is 34.5 Å². The van der Waals surface area contributed by atoms with E-state index in [4.69, 9.17) is 23.7 Å². The lowest BCUT2D eigenvalue weighted by Gasteiger charge is -2.50. The monoisotopic (exact) mass is 930 g/mol. The van der Waals surface area contributed by atoms with E-state index in [0.29, 0.717) is 34.6 Å². The van der Waals surface area contributed by atoms with E-state index in [9.17, 15) is 29.7 Å². The second-order valence-electron chi connectivity index (χ2n) is 15.9. The highest BCUT2D eigenvalue weighted by atomic mass is 32.2. The summed E-state index contributed by atoms with van der Waals surface area (Å²) in [7, 11) is 1.12. The quantitative estimate of drug-likeness (QED) is 0.0998. The summed E-state index contributed by atoms with van der Waals surface area (Å²) < 4.78 is 29.3. The Bertz CT molecular complexity index is 2510. The van der Waals surface area contributed by atoms with Crippen molar-refractivity contribution in [2.75, 3.05) is 25.7 Å². The molecule has 0 saturated carbocycles. The summed E-state index contributed by atoms with van der Waals surface area (Å²) in [5.74, 6) is 10.2. The number of H-pyrrole nitrogens is 1. The number of methoxy groups -OCH3 is 1. The van der Waals surface area contributed by atoms with Crippen LogP contribution in [0.5, 0.6) is 5.75 Å². The van der Waals surface area contributed by atoms with Crippen LogP contribution in [-0.2, 0) is 33.3 Å². The maximum Gasteiger partial charge on any atom is 0.411 e. The number of pyridine rings is 1. The number of alkyl carbamates (subject to hydrolysis) is 1. The van der Waals surface area contributed by atoms with Crippen molar-refractivity contribution >= 4 is 68.1 Å². The number of hydrogen-bond donors (Lipinski definition) is 6. The number of phenolic OH excluding ortho intramolecular Hbond substituents is 1. The number of nitrogens with one attached hydrogen (secondary N) is 3. The number of carbonyl (C=O) groups is 4. The Kier molecular flexibility index (Phi) is 16.7. The molecule has 6 N–H and O–H groups in total. The third-order valence-electron chi connectivity index (χ3n) is 11.2. The number of rotatable bonds is 13. The number of aliphatic hydroxyl groups excluding tert-OH is 2. The first kappa shape index (κ1) is 49.4. The minimum absolute atomic E-state index is 0.0129. The number of benzene rings is 1. The average Bonchev–Trinajstić information content (AvgIpc) is 3.64. The predicted molar refractivity (Wildman–Crippen MR) is 247 cm³/mol. The number of allylic oxidation sites excluding steroid dienone is 3. The standard InChI is InChI=1S/C47H54N4O12S2/c1-8-9-10-11-12-13-36(38-31(19-21-65-27(5)52)34(54)23-35(55)40(38)51-46(58)59-6)62-45-42(63-37-17-14-28(24-60-37)49-25(2)3)44(57)47(64-7,26(4)61-45)43(56)41-39-30(18-20-48-41)32-22-29(53)15-16-33(32)50-39/h10-11,15-16,18-20,22,25-26,28,34,36-37,42,44-45,49-50,53-54,57H,14,17,21,23-24H2,1-7H3,(H,51,58)/b11-10-,31-19-/t26?,28?,34-,36-,37?,42?,44?,45?,47?/m0/s1. The Morgan fingerprint density at radius 2 is 1.91 bits per heavy atom. The first-order chi connectivity index (χ1) is 31.1. The van der Waals surface area contributed by atoms with Gasteiger partial charge in [-0.25, -0.2) is 4.79 Å². The Balaban J connectivity index is 1.48. The Morgan fingerprint density at radius 3 is 2.58 bits per heavy atom. The molecule has 2 aliphatic heterocycles. The number of phenols is 1. The molecule has 6 rings (SSSR count). The fraction of sp³-hybridized carbons (Fsp3) is 0.468. The molecule has 0 spiro atoms. The highest BCUT2D eigenvalue weighted by Gasteiger charge is 2.61. The first-order valence-electron chi connectivity index (χ1n) is 21.1. The van der Waals surface area contributed by atoms with Gasteiger partial charge in [0, 0.05) is 59.2 Å². The van der Waals surface area contributed by atoms with Crippen molar-refractivity contribution in [3.05, 3.63) is 71.2 Å². The summed E-state index contributed by atoms with van der Waals surface area (Å²) in [5.41, 5.74) is 0.863. The van der Waals surface area contributed by atoms with Gasteiger partial charge in [-0.3, -0.25) is 24.7 Å². The van der Waals surface area contributed by atoms with Crippen molar-refractivity contribution in [1.82, 2.24) is 20.6 Å². The number of carbonyl (C=O) groups excluding carboxylic acids is 4. The number of nitrogens with zero attached hydrogens (tertiary/aromatic N) is 1. The third kappa shape index (κ3) is 11.0. The van der Waals surface area contributed by atoms with E-state index in [-0.39, 0.29) is 57.8 Å². The van der Waals surface area contributed by atoms with E-state index in [0.717, 1.165) is 30.6 Å². The zero-order valence-electron chi connectivity index (χ0n) is 37.1. The molecule has 18 heteroatoms. The Hall–Kier alpha value is -4.99. The van der Waals surface area contributed by atoms with E-state index in [1.807, 2.05) is 13.8 Å². The van der Waals surface area contributed by atoms with Crippen LogP contribution in [0, 0.1) is 23.7 Å². The summed E-state index contributed by atoms with van der Waals surface area (Å²) in [5, 5.41) is 41.6. The van der Waals surface area contributed by atoms with Crippen LogP contribution in [-0.4, -0.2) is 134 Å². The lowest BCUT2D eigenvalue weighted by atomic mass is 9.82. The zero-order valence-corrected chi connectivity index (χ0v) is 38.8. The van der Waals surface area contributed by atoms with Crippen molar-refractivity contribution < 1.29 is 58.2 Å². The molecule has 0 radical (unpaired) electrons. The minimum atomic E-state index is -1.78. The van der Waals surface area contributed by atoms with Crippen molar-refractivity contribution in [3.63, 3.8) is 0 Å². The molecule has 9 atom stereocenters. The van der Waals surface area contributed by atoms with E-state index in [1.165, 1.54) is 31.3 Å². The smallest absolute Gasteiger partial charge is 0.411 e. The van der Waals surface area contributed by atoms with Crippen LogP contribution >= 0.6 is 23.5 Å². The number of aromatic nitrogens is 2. The molecular weight excluding hydrogens is 877 g/mol. The molecule has 2 aromatic heterocycles. The summed E-state index contributed by atoms with van der Waals surface area (Å²) in [4.78, 5) is 61.5. The fourth-order valence-electron chi connectivity index (χ4n) is 8.27. The third-order valence-corrected chi connectivity index (χ3v) is 13.4. The number of ether oxygens (including phenoxy) is 5. The molecule has 65 heavy (non-hydrogen) atoms. The molecule has 1 aromatic carbocycles. The molecule has 4 heterocycles. The summed E-state index contributed by atoms with van der Waals surface area (Å²) in [6, 6.07) is 6.76. The largest absolute Gasteiger partial charge is 0.508 e. The molecule has 1 aliphatic carbocycles. The maximum absolute atomic E-state index is 15.2. The van der Waals surface area contributed by atoms with Crippen molar-refractivity contribution in [2.24, 2.45) is 0 Å². The number of amides is 1. The molecule has 1 amide bonds. The molecule has 3 aromatic rings. The van der Waals surface area contributed by atoms with E-state index in [1.54, 1.807) is 44.4 Å². The molecule has 2 saturated heterocycles. The zero-order chi connectivity index (χ0) is 47.0. The lowest BCUT2D eigenvalue weighted by molar-refractivity contribution is -0.318. The Labute approximate surface area is 385 Å².